The monoisotopic (exact) mass is 493 g/mol. The highest BCUT2D eigenvalue weighted by atomic mass is 35.5. The van der Waals surface area contributed by atoms with Crippen molar-refractivity contribution in [2.45, 2.75) is 19.4 Å². The van der Waals surface area contributed by atoms with E-state index in [1.54, 1.807) is 24.3 Å². The maximum atomic E-state index is 13.6. The molecule has 0 fully saturated rings. The minimum atomic E-state index is -0.671. The third-order valence-electron chi connectivity index (χ3n) is 5.32. The van der Waals surface area contributed by atoms with Gasteiger partial charge in [-0.1, -0.05) is 60.2 Å². The van der Waals surface area contributed by atoms with E-state index in [0.717, 1.165) is 5.56 Å². The summed E-state index contributed by atoms with van der Waals surface area (Å²) in [5, 5.41) is 9.34. The number of hydrogen-bond acceptors (Lipinski definition) is 7. The average Bonchev–Trinajstić information content (AvgIpc) is 3.17. The number of thiazole rings is 1. The first-order chi connectivity index (χ1) is 16.5. The SMILES string of the molecule is CCC1=C(C(=O)OC)[C@H](c2ccccc2)n2c(s/c(=C/c3cc(Cl)ccc3OCC#N)c2=O)=N1. The number of halogens is 1. The number of nitrogens with zero attached hydrogens (tertiary/aromatic N) is 3. The molecule has 2 aromatic carbocycles. The molecule has 0 aliphatic carbocycles. The maximum absolute atomic E-state index is 13.6. The van der Waals surface area contributed by atoms with E-state index in [-0.39, 0.29) is 12.2 Å². The molecular weight excluding hydrogens is 474 g/mol. The predicted molar refractivity (Wildman–Crippen MR) is 129 cm³/mol. The van der Waals surface area contributed by atoms with Gasteiger partial charge in [-0.15, -0.1) is 0 Å². The first-order valence-electron chi connectivity index (χ1n) is 10.5. The highest BCUT2D eigenvalue weighted by Gasteiger charge is 2.33. The molecule has 0 saturated carbocycles. The number of benzene rings is 2. The van der Waals surface area contributed by atoms with E-state index in [4.69, 9.17) is 26.3 Å². The minimum Gasteiger partial charge on any atom is -0.478 e. The van der Waals surface area contributed by atoms with Crippen LogP contribution in [0.4, 0.5) is 0 Å². The van der Waals surface area contributed by atoms with E-state index in [0.29, 0.717) is 43.4 Å². The normalized spacial score (nSPS) is 15.4. The Kier molecular flexibility index (Phi) is 6.96. The number of fused-ring (bicyclic) bond motifs is 1. The van der Waals surface area contributed by atoms with Crippen LogP contribution in [-0.4, -0.2) is 24.3 Å². The second kappa shape index (κ2) is 10.1. The number of rotatable bonds is 6. The van der Waals surface area contributed by atoms with Crippen molar-refractivity contribution in [1.82, 2.24) is 4.57 Å². The molecule has 1 atom stereocenters. The number of esters is 1. The summed E-state index contributed by atoms with van der Waals surface area (Å²) in [5.74, 6) is -0.0911. The molecule has 4 rings (SSSR count). The standard InChI is InChI=1S/C25H20ClN3O4S/c1-3-18-21(24(31)32-2)22(15-7-5-4-6-8-15)29-23(30)20(34-25(29)28-18)14-16-13-17(26)9-10-19(16)33-12-11-27/h4-10,13-14,22H,3,12H2,1-2H3/b20-14+/t22-/m0/s1. The molecule has 0 bridgehead atoms. The number of carbonyl (C=O) groups is 1. The lowest BCUT2D eigenvalue weighted by Crippen LogP contribution is -2.40. The lowest BCUT2D eigenvalue weighted by Gasteiger charge is -2.25. The Morgan fingerprint density at radius 1 is 1.29 bits per heavy atom. The van der Waals surface area contributed by atoms with Gasteiger partial charge in [-0.25, -0.2) is 9.79 Å². The van der Waals surface area contributed by atoms with Crippen LogP contribution in [0.5, 0.6) is 5.75 Å². The van der Waals surface area contributed by atoms with Crippen molar-refractivity contribution in [2.75, 3.05) is 13.7 Å². The van der Waals surface area contributed by atoms with Gasteiger partial charge in [-0.05, 0) is 36.3 Å². The van der Waals surface area contributed by atoms with Crippen LogP contribution in [0, 0.1) is 11.3 Å². The molecule has 2 heterocycles. The number of aromatic nitrogens is 1. The summed E-state index contributed by atoms with van der Waals surface area (Å²) in [6.07, 6.45) is 2.16. The molecule has 0 unspecified atom stereocenters. The maximum Gasteiger partial charge on any atom is 0.338 e. The summed E-state index contributed by atoms with van der Waals surface area (Å²) < 4.78 is 12.5. The van der Waals surface area contributed by atoms with Crippen molar-refractivity contribution in [3.63, 3.8) is 0 Å². The molecule has 1 aliphatic rings. The van der Waals surface area contributed by atoms with Crippen molar-refractivity contribution in [2.24, 2.45) is 4.99 Å². The number of hydrogen-bond donors (Lipinski definition) is 0. The van der Waals surface area contributed by atoms with E-state index in [9.17, 15) is 9.59 Å². The Balaban J connectivity index is 1.98. The van der Waals surface area contributed by atoms with Crippen LogP contribution in [0.25, 0.3) is 6.08 Å². The molecular formula is C25H20ClN3O4S. The number of methoxy groups -OCH3 is 1. The van der Waals surface area contributed by atoms with E-state index < -0.39 is 12.0 Å². The Morgan fingerprint density at radius 2 is 2.06 bits per heavy atom. The molecule has 172 valence electrons. The third kappa shape index (κ3) is 4.40. The fraction of sp³-hybridized carbons (Fsp3) is 0.200. The second-order valence-electron chi connectivity index (χ2n) is 7.33. The van der Waals surface area contributed by atoms with Crippen molar-refractivity contribution >= 4 is 35.0 Å². The molecule has 0 amide bonds. The van der Waals surface area contributed by atoms with Crippen molar-refractivity contribution in [1.29, 1.82) is 5.26 Å². The van der Waals surface area contributed by atoms with Crippen LogP contribution in [0.1, 0.15) is 30.5 Å². The van der Waals surface area contributed by atoms with Gasteiger partial charge in [0.1, 0.15) is 11.8 Å². The van der Waals surface area contributed by atoms with Gasteiger partial charge in [0, 0.05) is 10.6 Å². The molecule has 1 aliphatic heterocycles. The van der Waals surface area contributed by atoms with Gasteiger partial charge in [-0.3, -0.25) is 9.36 Å². The lowest BCUT2D eigenvalue weighted by molar-refractivity contribution is -0.136. The van der Waals surface area contributed by atoms with Gasteiger partial charge in [-0.2, -0.15) is 5.26 Å². The first-order valence-corrected chi connectivity index (χ1v) is 11.6. The third-order valence-corrected chi connectivity index (χ3v) is 6.53. The average molecular weight is 494 g/mol. The van der Waals surface area contributed by atoms with Gasteiger partial charge in [0.2, 0.25) is 0 Å². The zero-order valence-corrected chi connectivity index (χ0v) is 20.0. The summed E-state index contributed by atoms with van der Waals surface area (Å²) in [6, 6.07) is 15.6. The quantitative estimate of drug-likeness (QED) is 0.491. The van der Waals surface area contributed by atoms with Crippen molar-refractivity contribution in [3.8, 4) is 11.8 Å². The second-order valence-corrected chi connectivity index (χ2v) is 8.77. The van der Waals surface area contributed by atoms with E-state index in [2.05, 4.69) is 4.99 Å². The number of carbonyl (C=O) groups excluding carboxylic acids is 1. The number of ether oxygens (including phenoxy) is 2. The molecule has 9 heteroatoms. The van der Waals surface area contributed by atoms with Crippen LogP contribution in [0.2, 0.25) is 5.02 Å². The Labute approximate surface area is 204 Å². The van der Waals surface area contributed by atoms with Crippen LogP contribution < -0.4 is 19.6 Å². The van der Waals surface area contributed by atoms with Gasteiger partial charge >= 0.3 is 5.97 Å². The molecule has 0 saturated heterocycles. The highest BCUT2D eigenvalue weighted by Crippen LogP contribution is 2.31. The predicted octanol–water partition coefficient (Wildman–Crippen LogP) is 3.35. The lowest BCUT2D eigenvalue weighted by atomic mass is 9.95. The van der Waals surface area contributed by atoms with E-state index >= 15 is 0 Å². The summed E-state index contributed by atoms with van der Waals surface area (Å²) in [7, 11) is 1.32. The van der Waals surface area contributed by atoms with Crippen LogP contribution in [-0.2, 0) is 9.53 Å². The van der Waals surface area contributed by atoms with E-state index in [1.807, 2.05) is 43.3 Å². The molecule has 0 radical (unpaired) electrons. The number of allylic oxidation sites excluding steroid dienone is 1. The van der Waals surface area contributed by atoms with Crippen LogP contribution in [0.3, 0.4) is 0 Å². The Hall–Kier alpha value is -3.67. The minimum absolute atomic E-state index is 0.139. The molecule has 1 aromatic heterocycles. The molecule has 3 aromatic rings. The first kappa shape index (κ1) is 23.5. The van der Waals surface area contributed by atoms with Crippen LogP contribution in [0.15, 0.2) is 69.6 Å². The molecule has 7 nitrogen and oxygen atoms in total. The van der Waals surface area contributed by atoms with Gasteiger partial charge in [0.15, 0.2) is 11.4 Å². The zero-order valence-electron chi connectivity index (χ0n) is 18.4. The number of nitriles is 1. The summed E-state index contributed by atoms with van der Waals surface area (Å²) in [4.78, 5) is 31.6. The highest BCUT2D eigenvalue weighted by molar-refractivity contribution is 7.07. The van der Waals surface area contributed by atoms with E-state index in [1.165, 1.54) is 23.0 Å². The summed E-state index contributed by atoms with van der Waals surface area (Å²) in [6.45, 7) is 1.77. The molecule has 0 N–H and O–H groups in total. The van der Waals surface area contributed by atoms with Gasteiger partial charge < -0.3 is 9.47 Å². The Morgan fingerprint density at radius 3 is 2.74 bits per heavy atom. The van der Waals surface area contributed by atoms with Crippen molar-refractivity contribution in [3.05, 3.63) is 95.6 Å². The largest absolute Gasteiger partial charge is 0.478 e. The summed E-state index contributed by atoms with van der Waals surface area (Å²) >= 11 is 7.38. The zero-order chi connectivity index (χ0) is 24.2. The fourth-order valence-corrected chi connectivity index (χ4v) is 5.02. The van der Waals surface area contributed by atoms with Crippen molar-refractivity contribution < 1.29 is 14.3 Å². The summed E-state index contributed by atoms with van der Waals surface area (Å²) in [5.41, 5.74) is 1.95. The van der Waals surface area contributed by atoms with Gasteiger partial charge in [0.25, 0.3) is 5.56 Å². The molecule has 34 heavy (non-hydrogen) atoms. The topological polar surface area (TPSA) is 93.7 Å². The fourth-order valence-electron chi connectivity index (χ4n) is 3.83. The van der Waals surface area contributed by atoms with Crippen LogP contribution >= 0.6 is 22.9 Å². The Bertz CT molecular complexity index is 1500. The van der Waals surface area contributed by atoms with Gasteiger partial charge in [0.05, 0.1) is 29.0 Å². The smallest absolute Gasteiger partial charge is 0.338 e. The molecule has 0 spiro atoms.